The third-order valence-electron chi connectivity index (χ3n) is 1.99. The van der Waals surface area contributed by atoms with E-state index >= 15 is 0 Å². The minimum absolute atomic E-state index is 0.533. The first kappa shape index (κ1) is 14.3. The Kier molecular flexibility index (Phi) is 6.70. The van der Waals surface area contributed by atoms with Crippen LogP contribution in [0.2, 0.25) is 5.15 Å². The zero-order chi connectivity index (χ0) is 12.0. The second kappa shape index (κ2) is 7.51. The monoisotopic (exact) mass is 322 g/mol. The molecule has 0 unspecified atom stereocenters. The number of thioether (sulfide) groups is 1. The number of hydrogen-bond acceptors (Lipinski definition) is 3. The van der Waals surface area contributed by atoms with E-state index in [1.54, 1.807) is 0 Å². The minimum atomic E-state index is 0.533. The van der Waals surface area contributed by atoms with Crippen LogP contribution in [0.3, 0.4) is 0 Å². The Balaban J connectivity index is 2.77. The van der Waals surface area contributed by atoms with Gasteiger partial charge in [0, 0.05) is 0 Å². The fourth-order valence-corrected chi connectivity index (χ4v) is 2.61. The van der Waals surface area contributed by atoms with Gasteiger partial charge in [0.1, 0.15) is 11.0 Å². The van der Waals surface area contributed by atoms with E-state index in [4.69, 9.17) is 11.6 Å². The lowest BCUT2D eigenvalue weighted by Crippen LogP contribution is -2.01. The summed E-state index contributed by atoms with van der Waals surface area (Å²) in [4.78, 5) is 8.81. The predicted octanol–water partition coefficient (Wildman–Crippen LogP) is 4.49. The molecular weight excluding hydrogens is 308 g/mol. The van der Waals surface area contributed by atoms with Crippen molar-refractivity contribution in [3.63, 3.8) is 0 Å². The molecule has 0 aliphatic carbocycles. The van der Waals surface area contributed by atoms with Gasteiger partial charge in [0.15, 0.2) is 0 Å². The maximum atomic E-state index is 6.06. The van der Waals surface area contributed by atoms with Crippen molar-refractivity contribution in [1.29, 1.82) is 0 Å². The molecule has 0 bridgehead atoms. The van der Waals surface area contributed by atoms with E-state index in [1.165, 1.54) is 6.42 Å². The Morgan fingerprint density at radius 2 is 2.00 bits per heavy atom. The molecule has 16 heavy (non-hydrogen) atoms. The van der Waals surface area contributed by atoms with Crippen LogP contribution in [0.5, 0.6) is 0 Å². The molecule has 5 heteroatoms. The highest BCUT2D eigenvalue weighted by molar-refractivity contribution is 9.10. The Labute approximate surface area is 115 Å². The molecule has 0 aliphatic rings. The highest BCUT2D eigenvalue weighted by Crippen LogP contribution is 2.25. The first-order chi connectivity index (χ1) is 7.69. The van der Waals surface area contributed by atoms with Crippen LogP contribution >= 0.6 is 39.3 Å². The average molecular weight is 324 g/mol. The summed E-state index contributed by atoms with van der Waals surface area (Å²) >= 11 is 11.3. The molecule has 1 rings (SSSR count). The van der Waals surface area contributed by atoms with Crippen molar-refractivity contribution in [3.05, 3.63) is 21.1 Å². The van der Waals surface area contributed by atoms with Gasteiger partial charge in [-0.15, -0.1) is 0 Å². The van der Waals surface area contributed by atoms with Gasteiger partial charge in [-0.05, 0) is 34.5 Å². The van der Waals surface area contributed by atoms with Gasteiger partial charge in [-0.3, -0.25) is 0 Å². The molecule has 0 aliphatic heterocycles. The second-order valence-corrected chi connectivity index (χ2v) is 5.75. The topological polar surface area (TPSA) is 25.8 Å². The number of aromatic nitrogens is 2. The summed E-state index contributed by atoms with van der Waals surface area (Å²) in [5.74, 6) is 2.83. The summed E-state index contributed by atoms with van der Waals surface area (Å²) in [6, 6.07) is 0. The smallest absolute Gasteiger partial charge is 0.147 e. The number of nitrogens with zero attached hydrogens (tertiary/aromatic N) is 2. The highest BCUT2D eigenvalue weighted by Gasteiger charge is 2.09. The van der Waals surface area contributed by atoms with Gasteiger partial charge in [-0.2, -0.15) is 11.8 Å². The maximum absolute atomic E-state index is 6.06. The van der Waals surface area contributed by atoms with E-state index in [0.29, 0.717) is 5.15 Å². The van der Waals surface area contributed by atoms with Crippen LogP contribution in [-0.4, -0.2) is 15.7 Å². The van der Waals surface area contributed by atoms with Crippen LogP contribution in [0.15, 0.2) is 4.47 Å². The second-order valence-electron chi connectivity index (χ2n) is 3.49. The van der Waals surface area contributed by atoms with E-state index in [0.717, 1.165) is 40.3 Å². The summed E-state index contributed by atoms with van der Waals surface area (Å²) in [7, 11) is 0. The van der Waals surface area contributed by atoms with Crippen LogP contribution in [-0.2, 0) is 12.2 Å². The Morgan fingerprint density at radius 3 is 2.62 bits per heavy atom. The maximum Gasteiger partial charge on any atom is 0.147 e. The quantitative estimate of drug-likeness (QED) is 0.570. The lowest BCUT2D eigenvalue weighted by molar-refractivity contribution is 0.845. The molecule has 1 aromatic heterocycles. The molecule has 0 amide bonds. The van der Waals surface area contributed by atoms with Crippen LogP contribution in [0, 0.1) is 0 Å². The Hall–Kier alpha value is 0.200. The molecule has 90 valence electrons. The SMILES string of the molecule is CCCSCc1nc(Cl)c(Br)c(CCC)n1. The number of hydrogen-bond donors (Lipinski definition) is 0. The molecule has 1 aromatic rings. The Morgan fingerprint density at radius 1 is 1.25 bits per heavy atom. The zero-order valence-electron chi connectivity index (χ0n) is 9.59. The summed E-state index contributed by atoms with van der Waals surface area (Å²) in [6.45, 7) is 4.30. The van der Waals surface area contributed by atoms with Crippen molar-refractivity contribution in [2.24, 2.45) is 0 Å². The predicted molar refractivity (Wildman–Crippen MR) is 75.2 cm³/mol. The van der Waals surface area contributed by atoms with E-state index in [2.05, 4.69) is 39.7 Å². The molecule has 0 radical (unpaired) electrons. The summed E-state index contributed by atoms with van der Waals surface area (Å²) in [5.41, 5.74) is 1.02. The lowest BCUT2D eigenvalue weighted by Gasteiger charge is -2.07. The van der Waals surface area contributed by atoms with Crippen LogP contribution in [0.4, 0.5) is 0 Å². The molecule has 1 heterocycles. The molecule has 2 nitrogen and oxygen atoms in total. The van der Waals surface area contributed by atoms with Gasteiger partial charge in [0.05, 0.1) is 15.9 Å². The molecular formula is C11H16BrClN2S. The fraction of sp³-hybridized carbons (Fsp3) is 0.636. The molecule has 0 spiro atoms. The highest BCUT2D eigenvalue weighted by atomic mass is 79.9. The van der Waals surface area contributed by atoms with Gasteiger partial charge in [0.25, 0.3) is 0 Å². The fourth-order valence-electron chi connectivity index (χ4n) is 1.29. The normalized spacial score (nSPS) is 10.8. The van der Waals surface area contributed by atoms with Crippen molar-refractivity contribution >= 4 is 39.3 Å². The van der Waals surface area contributed by atoms with Crippen LogP contribution in [0.1, 0.15) is 38.2 Å². The van der Waals surface area contributed by atoms with Gasteiger partial charge in [0.2, 0.25) is 0 Å². The van der Waals surface area contributed by atoms with Crippen LogP contribution in [0.25, 0.3) is 0 Å². The summed E-state index contributed by atoms with van der Waals surface area (Å²) in [5, 5.41) is 0.533. The zero-order valence-corrected chi connectivity index (χ0v) is 12.8. The van der Waals surface area contributed by atoms with Gasteiger partial charge in [-0.1, -0.05) is 31.9 Å². The van der Waals surface area contributed by atoms with Crippen molar-refractivity contribution in [1.82, 2.24) is 9.97 Å². The van der Waals surface area contributed by atoms with E-state index in [-0.39, 0.29) is 0 Å². The van der Waals surface area contributed by atoms with E-state index < -0.39 is 0 Å². The number of halogens is 2. The van der Waals surface area contributed by atoms with Crippen LogP contribution < -0.4 is 0 Å². The minimum Gasteiger partial charge on any atom is -0.236 e. The summed E-state index contributed by atoms with van der Waals surface area (Å²) in [6.07, 6.45) is 3.18. The molecule has 0 atom stereocenters. The lowest BCUT2D eigenvalue weighted by atomic mass is 10.2. The molecule has 0 fully saturated rings. The molecule has 0 saturated heterocycles. The number of aryl methyl sites for hydroxylation is 1. The first-order valence-corrected chi connectivity index (χ1v) is 7.80. The van der Waals surface area contributed by atoms with E-state index in [1.807, 2.05) is 11.8 Å². The summed E-state index contributed by atoms with van der Waals surface area (Å²) < 4.78 is 0.847. The first-order valence-electron chi connectivity index (χ1n) is 5.47. The average Bonchev–Trinajstić information content (AvgIpc) is 2.26. The molecule has 0 N–H and O–H groups in total. The van der Waals surface area contributed by atoms with Gasteiger partial charge >= 0.3 is 0 Å². The number of rotatable bonds is 6. The van der Waals surface area contributed by atoms with Gasteiger partial charge in [-0.25, -0.2) is 9.97 Å². The third kappa shape index (κ3) is 4.22. The Bertz CT molecular complexity index is 347. The largest absolute Gasteiger partial charge is 0.236 e. The third-order valence-corrected chi connectivity index (χ3v) is 4.49. The standard InChI is InChI=1S/C11H16BrClN2S/c1-3-5-8-10(12)11(13)15-9(14-8)7-16-6-4-2/h3-7H2,1-2H3. The van der Waals surface area contributed by atoms with Crippen molar-refractivity contribution in [2.75, 3.05) is 5.75 Å². The van der Waals surface area contributed by atoms with Crippen molar-refractivity contribution < 1.29 is 0 Å². The molecule has 0 saturated carbocycles. The molecule has 0 aromatic carbocycles. The van der Waals surface area contributed by atoms with Crippen molar-refractivity contribution in [3.8, 4) is 0 Å². The van der Waals surface area contributed by atoms with Crippen molar-refractivity contribution in [2.45, 2.75) is 38.9 Å². The van der Waals surface area contributed by atoms with E-state index in [9.17, 15) is 0 Å². The van der Waals surface area contributed by atoms with Gasteiger partial charge < -0.3 is 0 Å².